The number of fused-ring (bicyclic) bond motifs is 2. The van der Waals surface area contributed by atoms with Gasteiger partial charge in [-0.3, -0.25) is 24.1 Å². The van der Waals surface area contributed by atoms with Gasteiger partial charge in [-0.2, -0.15) is 0 Å². The molecule has 0 aromatic heterocycles. The Bertz CT molecular complexity index is 1580. The van der Waals surface area contributed by atoms with Gasteiger partial charge in [-0.25, -0.2) is 0 Å². The lowest BCUT2D eigenvalue weighted by Gasteiger charge is -2.36. The lowest BCUT2D eigenvalue weighted by Crippen LogP contribution is -2.55. The number of amides is 4. The van der Waals surface area contributed by atoms with Gasteiger partial charge in [0.15, 0.2) is 0 Å². The predicted octanol–water partition coefficient (Wildman–Crippen LogP) is 2.67. The zero-order valence-electron chi connectivity index (χ0n) is 28.6. The van der Waals surface area contributed by atoms with Crippen molar-refractivity contribution in [3.05, 3.63) is 95.6 Å². The van der Waals surface area contributed by atoms with Crippen molar-refractivity contribution in [3.63, 3.8) is 0 Å². The van der Waals surface area contributed by atoms with Gasteiger partial charge < -0.3 is 35.1 Å². The van der Waals surface area contributed by atoms with Crippen LogP contribution in [0.4, 0.5) is 0 Å². The molecule has 2 aliphatic rings. The van der Waals surface area contributed by atoms with Gasteiger partial charge in [-0.15, -0.1) is 0 Å². The molecule has 50 heavy (non-hydrogen) atoms. The number of carbonyl (C=O) groups is 4. The van der Waals surface area contributed by atoms with Crippen molar-refractivity contribution in [3.8, 4) is 11.5 Å². The van der Waals surface area contributed by atoms with Crippen LogP contribution in [-0.2, 0) is 20.7 Å². The van der Waals surface area contributed by atoms with Gasteiger partial charge in [-0.1, -0.05) is 54.6 Å². The van der Waals surface area contributed by atoms with Crippen LogP contribution in [0.2, 0.25) is 0 Å². The topological polar surface area (TPSA) is 139 Å². The Labute approximate surface area is 293 Å². The van der Waals surface area contributed by atoms with Crippen molar-refractivity contribution in [2.45, 2.75) is 37.8 Å². The van der Waals surface area contributed by atoms with Gasteiger partial charge in [-0.05, 0) is 49.1 Å². The van der Waals surface area contributed by atoms with E-state index in [1.807, 2.05) is 30.3 Å². The van der Waals surface area contributed by atoms with Gasteiger partial charge in [0.25, 0.3) is 11.8 Å². The molecular formula is C38H47N5O7. The third kappa shape index (κ3) is 10.5. The van der Waals surface area contributed by atoms with Gasteiger partial charge >= 0.3 is 0 Å². The number of methoxy groups -OCH3 is 1. The molecule has 3 aromatic carbocycles. The standard InChI is InChI=1S/C38H47N5O7/c1-48-25-23-42-19-21-43(22-20-42)38(47)32-16-17-35(44)40-29(26-28-10-3-2-4-11-28)27-50-34-15-8-5-12-30(34)36(45)39-18-9-24-49-33-14-7-6-13-31(33)37(46)41-32/h2-8,10-15,29,32H,9,16-27H2,1H3,(H,39,45)(H,40,44)(H,41,46)/t29-,32-/m0/s1. The largest absolute Gasteiger partial charge is 0.493 e. The fraction of sp³-hybridized carbons (Fsp3) is 0.421. The van der Waals surface area contributed by atoms with E-state index in [-0.39, 0.29) is 49.3 Å². The molecule has 2 aliphatic heterocycles. The average molecular weight is 686 g/mol. The number of benzene rings is 3. The van der Waals surface area contributed by atoms with E-state index in [1.54, 1.807) is 60.5 Å². The van der Waals surface area contributed by atoms with Crippen LogP contribution in [0.25, 0.3) is 0 Å². The minimum atomic E-state index is -0.927. The van der Waals surface area contributed by atoms with Gasteiger partial charge in [0.2, 0.25) is 11.8 Å². The first kappa shape index (κ1) is 36.3. The van der Waals surface area contributed by atoms with Crippen LogP contribution in [0.5, 0.6) is 11.5 Å². The minimum Gasteiger partial charge on any atom is -0.493 e. The molecule has 0 radical (unpaired) electrons. The van der Waals surface area contributed by atoms with Crippen LogP contribution in [0, 0.1) is 0 Å². The smallest absolute Gasteiger partial charge is 0.255 e. The molecule has 0 unspecified atom stereocenters. The molecule has 1 saturated heterocycles. The lowest BCUT2D eigenvalue weighted by molar-refractivity contribution is -0.135. The third-order valence-electron chi connectivity index (χ3n) is 8.82. The maximum Gasteiger partial charge on any atom is 0.255 e. The Morgan fingerprint density at radius 3 is 2.20 bits per heavy atom. The molecule has 4 amide bonds. The molecule has 3 N–H and O–H groups in total. The summed E-state index contributed by atoms with van der Waals surface area (Å²) >= 11 is 0. The number of carbonyl (C=O) groups excluding carboxylic acids is 4. The zero-order chi connectivity index (χ0) is 35.1. The van der Waals surface area contributed by atoms with Crippen molar-refractivity contribution in [2.75, 3.05) is 66.2 Å². The van der Waals surface area contributed by atoms with Gasteiger partial charge in [0.1, 0.15) is 24.1 Å². The minimum absolute atomic E-state index is 0.00702. The van der Waals surface area contributed by atoms with Crippen LogP contribution >= 0.6 is 0 Å². The first-order valence-electron chi connectivity index (χ1n) is 17.3. The van der Waals surface area contributed by atoms with E-state index in [1.165, 1.54) is 0 Å². The fourth-order valence-electron chi connectivity index (χ4n) is 6.05. The summed E-state index contributed by atoms with van der Waals surface area (Å²) in [5, 5.41) is 8.92. The van der Waals surface area contributed by atoms with Crippen molar-refractivity contribution >= 4 is 23.6 Å². The first-order chi connectivity index (χ1) is 24.4. The summed E-state index contributed by atoms with van der Waals surface area (Å²) in [6.45, 7) is 4.49. The van der Waals surface area contributed by atoms with E-state index < -0.39 is 18.0 Å². The van der Waals surface area contributed by atoms with Gasteiger partial charge in [0, 0.05) is 52.8 Å². The maximum atomic E-state index is 13.9. The molecule has 0 aliphatic carbocycles. The van der Waals surface area contributed by atoms with E-state index >= 15 is 0 Å². The maximum absolute atomic E-state index is 13.9. The van der Waals surface area contributed by atoms with Gasteiger partial charge in [0.05, 0.1) is 30.4 Å². The quantitative estimate of drug-likeness (QED) is 0.360. The molecule has 12 heteroatoms. The number of para-hydroxylation sites is 2. The van der Waals surface area contributed by atoms with Crippen LogP contribution < -0.4 is 25.4 Å². The Balaban J connectivity index is 1.37. The molecule has 2 atom stereocenters. The summed E-state index contributed by atoms with van der Waals surface area (Å²) < 4.78 is 17.3. The second kappa shape index (κ2) is 18.7. The molecule has 0 saturated carbocycles. The molecule has 12 nitrogen and oxygen atoms in total. The van der Waals surface area contributed by atoms with Crippen LogP contribution in [0.15, 0.2) is 78.9 Å². The summed E-state index contributed by atoms with van der Waals surface area (Å²) in [7, 11) is 1.67. The predicted molar refractivity (Wildman–Crippen MR) is 188 cm³/mol. The summed E-state index contributed by atoms with van der Waals surface area (Å²) in [5.41, 5.74) is 1.68. The highest BCUT2D eigenvalue weighted by Gasteiger charge is 2.30. The number of hydrogen-bond acceptors (Lipinski definition) is 8. The molecule has 3 aromatic rings. The zero-order valence-corrected chi connectivity index (χ0v) is 28.6. The van der Waals surface area contributed by atoms with Crippen molar-refractivity contribution in [2.24, 2.45) is 0 Å². The van der Waals surface area contributed by atoms with Crippen molar-refractivity contribution in [1.29, 1.82) is 0 Å². The Kier molecular flexibility index (Phi) is 13.6. The summed E-state index contributed by atoms with van der Waals surface area (Å²) in [6.07, 6.45) is 1.08. The van der Waals surface area contributed by atoms with Crippen LogP contribution in [0.3, 0.4) is 0 Å². The Morgan fingerprint density at radius 2 is 1.48 bits per heavy atom. The summed E-state index contributed by atoms with van der Waals surface area (Å²) in [6, 6.07) is 22.2. The highest BCUT2D eigenvalue weighted by atomic mass is 16.5. The summed E-state index contributed by atoms with van der Waals surface area (Å²) in [4.78, 5) is 58.2. The second-order valence-electron chi connectivity index (χ2n) is 12.4. The van der Waals surface area contributed by atoms with E-state index in [2.05, 4.69) is 20.9 Å². The van der Waals surface area contributed by atoms with Crippen LogP contribution in [0.1, 0.15) is 45.5 Å². The van der Waals surface area contributed by atoms with E-state index in [9.17, 15) is 19.2 Å². The number of nitrogens with zero attached hydrogens (tertiary/aromatic N) is 2. The normalized spacial score (nSPS) is 20.1. The monoisotopic (exact) mass is 685 g/mol. The van der Waals surface area contributed by atoms with Crippen molar-refractivity contribution in [1.82, 2.24) is 25.8 Å². The first-order valence-corrected chi connectivity index (χ1v) is 17.3. The third-order valence-corrected chi connectivity index (χ3v) is 8.82. The molecule has 0 bridgehead atoms. The second-order valence-corrected chi connectivity index (χ2v) is 12.4. The number of hydrogen-bond donors (Lipinski definition) is 3. The van der Waals surface area contributed by atoms with Crippen LogP contribution in [-0.4, -0.2) is 112 Å². The molecule has 5 rings (SSSR count). The molecule has 0 spiro atoms. The number of piperazine rings is 1. The Hall–Kier alpha value is -4.94. The number of nitrogens with one attached hydrogen (secondary N) is 3. The summed E-state index contributed by atoms with van der Waals surface area (Å²) in [5.74, 6) is -0.487. The highest BCUT2D eigenvalue weighted by Crippen LogP contribution is 2.21. The van der Waals surface area contributed by atoms with E-state index in [0.29, 0.717) is 69.2 Å². The number of rotatable bonds is 6. The lowest BCUT2D eigenvalue weighted by atomic mass is 10.0. The highest BCUT2D eigenvalue weighted by molar-refractivity contribution is 6.00. The Morgan fingerprint density at radius 1 is 0.820 bits per heavy atom. The molecular weight excluding hydrogens is 638 g/mol. The number of ether oxygens (including phenoxy) is 3. The molecule has 1 fully saturated rings. The van der Waals surface area contributed by atoms with E-state index in [0.717, 1.165) is 12.1 Å². The van der Waals surface area contributed by atoms with Crippen molar-refractivity contribution < 1.29 is 33.4 Å². The SMILES string of the molecule is COCCN1CCN(C(=O)[C@@H]2CCC(=O)N[C@@H](Cc3ccccc3)COc3ccccc3C(=O)NCCCOc3ccccc3C(=O)N2)CC1. The van der Waals surface area contributed by atoms with E-state index in [4.69, 9.17) is 14.2 Å². The molecule has 266 valence electrons. The fourth-order valence-corrected chi connectivity index (χ4v) is 6.05. The average Bonchev–Trinajstić information content (AvgIpc) is 3.14. The molecule has 2 heterocycles.